The Kier molecular flexibility index (Phi) is 7.01. The van der Waals surface area contributed by atoms with Crippen molar-refractivity contribution in [2.75, 3.05) is 0 Å². The molecular formula is C29H32N6O2. The molecule has 1 atom stereocenters. The van der Waals surface area contributed by atoms with E-state index >= 15 is 0 Å². The minimum absolute atomic E-state index is 0.0756. The summed E-state index contributed by atoms with van der Waals surface area (Å²) in [6.45, 7) is 9.94. The van der Waals surface area contributed by atoms with Crippen molar-refractivity contribution in [2.45, 2.75) is 53.4 Å². The van der Waals surface area contributed by atoms with E-state index in [0.717, 1.165) is 33.6 Å². The highest BCUT2D eigenvalue weighted by Crippen LogP contribution is 2.30. The Morgan fingerprint density at radius 2 is 1.84 bits per heavy atom. The predicted octanol–water partition coefficient (Wildman–Crippen LogP) is 5.17. The van der Waals surface area contributed by atoms with Crippen molar-refractivity contribution in [1.82, 2.24) is 30.1 Å². The molecule has 5 rings (SSSR count). The molecule has 3 heterocycles. The highest BCUT2D eigenvalue weighted by Gasteiger charge is 2.30. The number of nitrogens with zero attached hydrogens (tertiary/aromatic N) is 5. The van der Waals surface area contributed by atoms with Gasteiger partial charge in [-0.2, -0.15) is 0 Å². The third-order valence-corrected chi connectivity index (χ3v) is 6.78. The molecule has 3 aromatic heterocycles. The number of pyridine rings is 1. The van der Waals surface area contributed by atoms with Gasteiger partial charge in [-0.05, 0) is 64.9 Å². The third kappa shape index (κ3) is 5.39. The largest absolute Gasteiger partial charge is 0.467 e. The molecule has 0 bridgehead atoms. The summed E-state index contributed by atoms with van der Waals surface area (Å²) in [6, 6.07) is 20.2. The predicted molar refractivity (Wildman–Crippen MR) is 143 cm³/mol. The number of aromatic nitrogens is 5. The van der Waals surface area contributed by atoms with Gasteiger partial charge in [0.2, 0.25) is 0 Å². The summed E-state index contributed by atoms with van der Waals surface area (Å²) in [5.74, 6) is 1.70. The van der Waals surface area contributed by atoms with Crippen LogP contribution in [0, 0.1) is 19.8 Å². The normalized spacial score (nSPS) is 12.6. The average molecular weight is 497 g/mol. The maximum atomic E-state index is 13.2. The van der Waals surface area contributed by atoms with E-state index in [9.17, 15) is 4.79 Å². The number of H-pyrrole nitrogens is 1. The zero-order chi connectivity index (χ0) is 25.9. The number of tetrazole rings is 1. The number of rotatable bonds is 9. The average Bonchev–Trinajstić information content (AvgIpc) is 3.54. The van der Waals surface area contributed by atoms with E-state index in [0.29, 0.717) is 25.2 Å². The lowest BCUT2D eigenvalue weighted by atomic mass is 9.99. The highest BCUT2D eigenvalue weighted by molar-refractivity contribution is 5.81. The minimum atomic E-state index is -0.140. The Morgan fingerprint density at radius 1 is 1.03 bits per heavy atom. The second-order valence-electron chi connectivity index (χ2n) is 10.0. The van der Waals surface area contributed by atoms with E-state index in [1.165, 1.54) is 5.56 Å². The van der Waals surface area contributed by atoms with Crippen molar-refractivity contribution in [3.05, 3.63) is 111 Å². The van der Waals surface area contributed by atoms with Crippen LogP contribution in [0.3, 0.4) is 0 Å². The maximum absolute atomic E-state index is 13.2. The first kappa shape index (κ1) is 24.6. The van der Waals surface area contributed by atoms with Crippen molar-refractivity contribution in [3.8, 4) is 0 Å². The van der Waals surface area contributed by atoms with Crippen LogP contribution in [0.5, 0.6) is 0 Å². The quantitative estimate of drug-likeness (QED) is 0.303. The van der Waals surface area contributed by atoms with Gasteiger partial charge in [-0.25, -0.2) is 4.68 Å². The Labute approximate surface area is 215 Å². The molecule has 0 radical (unpaired) electrons. The molecule has 5 aromatic rings. The first-order chi connectivity index (χ1) is 17.9. The summed E-state index contributed by atoms with van der Waals surface area (Å²) in [6.07, 6.45) is 1.65. The van der Waals surface area contributed by atoms with Gasteiger partial charge in [0.25, 0.3) is 5.56 Å². The van der Waals surface area contributed by atoms with Crippen molar-refractivity contribution >= 4 is 10.9 Å². The molecule has 0 fully saturated rings. The molecule has 0 saturated carbocycles. The zero-order valence-corrected chi connectivity index (χ0v) is 21.7. The van der Waals surface area contributed by atoms with Gasteiger partial charge in [0.05, 0.1) is 17.8 Å². The van der Waals surface area contributed by atoms with Crippen LogP contribution in [0.25, 0.3) is 10.9 Å². The second-order valence-corrected chi connectivity index (χ2v) is 10.0. The van der Waals surface area contributed by atoms with Gasteiger partial charge >= 0.3 is 0 Å². The SMILES string of the molecule is Cc1ccc(CN(Cc2cc3cccc(C)c3[nH]c2=O)C(c2nnnn2Cc2ccco2)C(C)C)cc1. The molecule has 2 aromatic carbocycles. The van der Waals surface area contributed by atoms with Crippen LogP contribution in [0.4, 0.5) is 0 Å². The van der Waals surface area contributed by atoms with Crippen molar-refractivity contribution in [3.63, 3.8) is 0 Å². The van der Waals surface area contributed by atoms with Crippen LogP contribution >= 0.6 is 0 Å². The summed E-state index contributed by atoms with van der Waals surface area (Å²) >= 11 is 0. The fourth-order valence-corrected chi connectivity index (χ4v) is 4.91. The summed E-state index contributed by atoms with van der Waals surface area (Å²) in [7, 11) is 0. The molecule has 37 heavy (non-hydrogen) atoms. The Bertz CT molecular complexity index is 1530. The number of para-hydroxylation sites is 1. The van der Waals surface area contributed by atoms with E-state index in [4.69, 9.17) is 4.42 Å². The molecule has 1 N–H and O–H groups in total. The van der Waals surface area contributed by atoms with Crippen LogP contribution in [-0.2, 0) is 19.6 Å². The first-order valence-corrected chi connectivity index (χ1v) is 12.6. The topological polar surface area (TPSA) is 92.8 Å². The van der Waals surface area contributed by atoms with Gasteiger partial charge in [0.1, 0.15) is 12.3 Å². The minimum Gasteiger partial charge on any atom is -0.467 e. The molecule has 0 aliphatic heterocycles. The smallest absolute Gasteiger partial charge is 0.252 e. The number of benzene rings is 2. The number of furan rings is 1. The monoisotopic (exact) mass is 496 g/mol. The van der Waals surface area contributed by atoms with E-state index in [-0.39, 0.29) is 17.5 Å². The Hall–Kier alpha value is -4.04. The molecule has 0 aliphatic rings. The summed E-state index contributed by atoms with van der Waals surface area (Å²) in [5, 5.41) is 13.8. The van der Waals surface area contributed by atoms with Crippen LogP contribution in [0.1, 0.15) is 53.7 Å². The van der Waals surface area contributed by atoms with Crippen molar-refractivity contribution < 1.29 is 4.42 Å². The molecule has 1 unspecified atom stereocenters. The van der Waals surface area contributed by atoms with E-state index in [1.807, 2.05) is 43.3 Å². The van der Waals surface area contributed by atoms with Crippen LogP contribution in [-0.4, -0.2) is 30.1 Å². The lowest BCUT2D eigenvalue weighted by Gasteiger charge is -2.33. The molecule has 0 spiro atoms. The summed E-state index contributed by atoms with van der Waals surface area (Å²) < 4.78 is 7.35. The van der Waals surface area contributed by atoms with E-state index < -0.39 is 0 Å². The molecule has 0 amide bonds. The fraction of sp³-hybridized carbons (Fsp3) is 0.310. The standard InChI is InChI=1S/C29H32N6O2/c1-19(2)27(28-31-32-33-35(28)18-25-9-6-14-37-25)34(16-22-12-10-20(3)11-13-22)17-24-15-23-8-5-7-21(4)26(23)30-29(24)36/h5-15,19,27H,16-18H2,1-4H3,(H,30,36). The van der Waals surface area contributed by atoms with E-state index in [2.05, 4.69) is 70.4 Å². The summed E-state index contributed by atoms with van der Waals surface area (Å²) in [4.78, 5) is 18.6. The number of aryl methyl sites for hydroxylation is 2. The summed E-state index contributed by atoms with van der Waals surface area (Å²) in [5.41, 5.74) is 4.93. The van der Waals surface area contributed by atoms with Gasteiger partial charge in [-0.15, -0.1) is 5.10 Å². The van der Waals surface area contributed by atoms with Crippen LogP contribution in [0.15, 0.2) is 76.1 Å². The highest BCUT2D eigenvalue weighted by atomic mass is 16.3. The fourth-order valence-electron chi connectivity index (χ4n) is 4.91. The molecule has 0 aliphatic carbocycles. The van der Waals surface area contributed by atoms with Gasteiger partial charge in [-0.3, -0.25) is 9.69 Å². The van der Waals surface area contributed by atoms with Crippen LogP contribution < -0.4 is 5.56 Å². The molecule has 8 heteroatoms. The lowest BCUT2D eigenvalue weighted by Crippen LogP contribution is -2.35. The number of aromatic amines is 1. The number of fused-ring (bicyclic) bond motifs is 1. The number of hydrogen-bond donors (Lipinski definition) is 1. The maximum Gasteiger partial charge on any atom is 0.252 e. The Balaban J connectivity index is 1.56. The Morgan fingerprint density at radius 3 is 2.57 bits per heavy atom. The van der Waals surface area contributed by atoms with E-state index in [1.54, 1.807) is 10.9 Å². The number of nitrogens with one attached hydrogen (secondary N) is 1. The molecule has 0 saturated heterocycles. The van der Waals surface area contributed by atoms with Crippen molar-refractivity contribution in [1.29, 1.82) is 0 Å². The van der Waals surface area contributed by atoms with Crippen molar-refractivity contribution in [2.24, 2.45) is 5.92 Å². The van der Waals surface area contributed by atoms with Gasteiger partial charge in [0, 0.05) is 18.7 Å². The van der Waals surface area contributed by atoms with Gasteiger partial charge < -0.3 is 9.40 Å². The second kappa shape index (κ2) is 10.5. The molecular weight excluding hydrogens is 464 g/mol. The molecule has 8 nitrogen and oxygen atoms in total. The van der Waals surface area contributed by atoms with Crippen LogP contribution in [0.2, 0.25) is 0 Å². The molecule has 190 valence electrons. The van der Waals surface area contributed by atoms with Gasteiger partial charge in [0.15, 0.2) is 5.82 Å². The van der Waals surface area contributed by atoms with Gasteiger partial charge in [-0.1, -0.05) is 61.9 Å². The zero-order valence-electron chi connectivity index (χ0n) is 21.7. The lowest BCUT2D eigenvalue weighted by molar-refractivity contribution is 0.125. The third-order valence-electron chi connectivity index (χ3n) is 6.78. The first-order valence-electron chi connectivity index (χ1n) is 12.6. The number of hydrogen-bond acceptors (Lipinski definition) is 6.